The zero-order chi connectivity index (χ0) is 19.2. The Morgan fingerprint density at radius 1 is 1.23 bits per heavy atom. The van der Waals surface area contributed by atoms with Crippen molar-refractivity contribution in [3.63, 3.8) is 0 Å². The molecule has 9 nitrogen and oxygen atoms in total. The molecule has 0 aliphatic heterocycles. The van der Waals surface area contributed by atoms with Gasteiger partial charge in [0.05, 0.1) is 22.6 Å². The fraction of sp³-hybridized carbons (Fsp3) is 0.125. The Balaban J connectivity index is 1.90. The van der Waals surface area contributed by atoms with Crippen LogP contribution < -0.4 is 10.1 Å². The Morgan fingerprint density at radius 3 is 2.58 bits per heavy atom. The molecule has 0 fully saturated rings. The molecule has 2 rings (SSSR count). The van der Waals surface area contributed by atoms with E-state index in [0.29, 0.717) is 5.56 Å². The van der Waals surface area contributed by atoms with E-state index in [1.165, 1.54) is 36.5 Å². The maximum atomic E-state index is 12.1. The van der Waals surface area contributed by atoms with Gasteiger partial charge >= 0.3 is 0 Å². The van der Waals surface area contributed by atoms with Crippen LogP contribution in [0.3, 0.4) is 0 Å². The molecule has 2 aromatic rings. The first-order valence-corrected chi connectivity index (χ1v) is 8.89. The van der Waals surface area contributed by atoms with Crippen LogP contribution in [0.25, 0.3) is 0 Å². The lowest BCUT2D eigenvalue weighted by Crippen LogP contribution is -2.34. The number of aryl methyl sites for hydroxylation is 1. The van der Waals surface area contributed by atoms with Crippen molar-refractivity contribution in [3.05, 3.63) is 69.8 Å². The highest BCUT2D eigenvalue weighted by Crippen LogP contribution is 2.11. The molecule has 0 bridgehead atoms. The summed E-state index contributed by atoms with van der Waals surface area (Å²) < 4.78 is 26.3. The number of rotatable bonds is 7. The summed E-state index contributed by atoms with van der Waals surface area (Å²) in [6.07, 6.45) is 1.22. The van der Waals surface area contributed by atoms with Gasteiger partial charge in [0.25, 0.3) is 11.6 Å². The predicted octanol–water partition coefficient (Wildman–Crippen LogP) is 1.33. The van der Waals surface area contributed by atoms with Gasteiger partial charge in [0, 0.05) is 17.7 Å². The van der Waals surface area contributed by atoms with E-state index in [9.17, 15) is 23.3 Å². The number of carbonyl (C=O) groups excluding carboxylic acids is 1. The average molecular weight is 376 g/mol. The molecule has 0 spiro atoms. The van der Waals surface area contributed by atoms with Crippen molar-refractivity contribution in [1.82, 2.24) is 10.1 Å². The summed E-state index contributed by atoms with van der Waals surface area (Å²) in [5, 5.41) is 14.3. The summed E-state index contributed by atoms with van der Waals surface area (Å²) in [7, 11) is -3.80. The first kappa shape index (κ1) is 19.2. The maximum Gasteiger partial charge on any atom is 0.270 e. The van der Waals surface area contributed by atoms with Crippen LogP contribution in [-0.2, 0) is 14.8 Å². The summed E-state index contributed by atoms with van der Waals surface area (Å²) >= 11 is 0. The lowest BCUT2D eigenvalue weighted by atomic mass is 10.2. The van der Waals surface area contributed by atoms with Crippen molar-refractivity contribution >= 4 is 27.8 Å². The molecule has 0 saturated heterocycles. The molecule has 0 radical (unpaired) electrons. The summed E-state index contributed by atoms with van der Waals surface area (Å²) in [6, 6.07) is 11.9. The fourth-order valence-electron chi connectivity index (χ4n) is 1.90. The first-order chi connectivity index (χ1) is 12.3. The Kier molecular flexibility index (Phi) is 6.15. The van der Waals surface area contributed by atoms with Gasteiger partial charge in [0.15, 0.2) is 0 Å². The van der Waals surface area contributed by atoms with Gasteiger partial charge in [0.2, 0.25) is 10.0 Å². The average Bonchev–Trinajstić information content (AvgIpc) is 2.61. The molecule has 26 heavy (non-hydrogen) atoms. The van der Waals surface area contributed by atoms with E-state index in [2.05, 4.69) is 15.2 Å². The molecule has 0 atom stereocenters. The largest absolute Gasteiger partial charge is 0.272 e. The molecule has 10 heteroatoms. The Morgan fingerprint density at radius 2 is 1.92 bits per heavy atom. The molecule has 2 aromatic carbocycles. The number of nitro groups is 1. The highest BCUT2D eigenvalue weighted by atomic mass is 32.2. The fourth-order valence-corrected chi connectivity index (χ4v) is 2.88. The normalized spacial score (nSPS) is 11.4. The molecule has 0 aliphatic rings. The predicted molar refractivity (Wildman–Crippen MR) is 95.2 cm³/mol. The topological polar surface area (TPSA) is 131 Å². The second-order valence-corrected chi connectivity index (χ2v) is 7.05. The van der Waals surface area contributed by atoms with Crippen LogP contribution in [0.2, 0.25) is 0 Å². The molecule has 0 aliphatic carbocycles. The van der Waals surface area contributed by atoms with E-state index in [1.807, 2.05) is 6.92 Å². The number of nitrogens with one attached hydrogen (secondary N) is 2. The van der Waals surface area contributed by atoms with Gasteiger partial charge in [-0.25, -0.2) is 18.6 Å². The minimum absolute atomic E-state index is 0.0518. The zero-order valence-corrected chi connectivity index (χ0v) is 14.6. The lowest BCUT2D eigenvalue weighted by molar-refractivity contribution is -0.384. The van der Waals surface area contributed by atoms with Crippen molar-refractivity contribution in [2.75, 3.05) is 6.54 Å². The molecule has 0 aromatic heterocycles. The minimum atomic E-state index is -3.80. The second-order valence-electron chi connectivity index (χ2n) is 5.28. The summed E-state index contributed by atoms with van der Waals surface area (Å²) in [5.41, 5.74) is 3.37. The molecule has 1 amide bonds. The quantitative estimate of drug-likeness (QED) is 0.428. The Labute approximate surface area is 149 Å². The van der Waals surface area contributed by atoms with Crippen LogP contribution in [0.15, 0.2) is 58.5 Å². The van der Waals surface area contributed by atoms with Crippen molar-refractivity contribution < 1.29 is 18.1 Å². The summed E-state index contributed by atoms with van der Waals surface area (Å²) in [6.45, 7) is 1.33. The van der Waals surface area contributed by atoms with Gasteiger partial charge in [-0.15, -0.1) is 0 Å². The number of carbonyl (C=O) groups is 1. The minimum Gasteiger partial charge on any atom is -0.272 e. The van der Waals surface area contributed by atoms with Gasteiger partial charge in [0.1, 0.15) is 0 Å². The standard InChI is InChI=1S/C16H16N4O5S/c1-12-5-7-15(8-6-12)26(24,25)18-11-16(21)19-17-10-13-3-2-4-14(9-13)20(22)23/h2-10,18H,11H2,1H3,(H,19,21)/b17-10-. The van der Waals surface area contributed by atoms with Crippen LogP contribution in [0.1, 0.15) is 11.1 Å². The van der Waals surface area contributed by atoms with Crippen LogP contribution in [0.4, 0.5) is 5.69 Å². The third-order valence-corrected chi connectivity index (χ3v) is 4.66. The van der Waals surface area contributed by atoms with Crippen LogP contribution in [0, 0.1) is 17.0 Å². The molecule has 0 saturated carbocycles. The third kappa shape index (κ3) is 5.46. The monoisotopic (exact) mass is 376 g/mol. The van der Waals surface area contributed by atoms with E-state index in [0.717, 1.165) is 5.56 Å². The molecular weight excluding hydrogens is 360 g/mol. The van der Waals surface area contributed by atoms with Crippen LogP contribution in [0.5, 0.6) is 0 Å². The summed E-state index contributed by atoms with van der Waals surface area (Å²) in [4.78, 5) is 21.9. The highest BCUT2D eigenvalue weighted by Gasteiger charge is 2.14. The smallest absolute Gasteiger partial charge is 0.270 e. The van der Waals surface area contributed by atoms with Crippen molar-refractivity contribution in [2.24, 2.45) is 5.10 Å². The SMILES string of the molecule is Cc1ccc(S(=O)(=O)NCC(=O)N/N=C\c2cccc([N+](=O)[O-])c2)cc1. The van der Waals surface area contributed by atoms with E-state index in [-0.39, 0.29) is 10.6 Å². The number of amides is 1. The third-order valence-electron chi connectivity index (χ3n) is 3.24. The first-order valence-electron chi connectivity index (χ1n) is 7.40. The number of hydrogen-bond donors (Lipinski definition) is 2. The maximum absolute atomic E-state index is 12.1. The van der Waals surface area contributed by atoms with Crippen molar-refractivity contribution in [3.8, 4) is 0 Å². The number of hydrogen-bond acceptors (Lipinski definition) is 6. The van der Waals surface area contributed by atoms with Gasteiger partial charge in [-0.3, -0.25) is 14.9 Å². The van der Waals surface area contributed by atoms with Gasteiger partial charge in [-0.05, 0) is 19.1 Å². The summed E-state index contributed by atoms with van der Waals surface area (Å²) in [5.74, 6) is -0.678. The second kappa shape index (κ2) is 8.32. The van der Waals surface area contributed by atoms with Crippen LogP contribution in [-0.4, -0.2) is 32.0 Å². The van der Waals surface area contributed by atoms with Crippen molar-refractivity contribution in [1.29, 1.82) is 0 Å². The number of nitro benzene ring substituents is 1. The number of sulfonamides is 1. The van der Waals surface area contributed by atoms with E-state index in [4.69, 9.17) is 0 Å². The van der Waals surface area contributed by atoms with E-state index < -0.39 is 27.4 Å². The number of hydrazone groups is 1. The molecule has 136 valence electrons. The van der Waals surface area contributed by atoms with Crippen molar-refractivity contribution in [2.45, 2.75) is 11.8 Å². The Hall–Kier alpha value is -3.11. The molecular formula is C16H16N4O5S. The lowest BCUT2D eigenvalue weighted by Gasteiger charge is -2.06. The number of non-ortho nitro benzene ring substituents is 1. The molecule has 0 unspecified atom stereocenters. The highest BCUT2D eigenvalue weighted by molar-refractivity contribution is 7.89. The Bertz CT molecular complexity index is 939. The van der Waals surface area contributed by atoms with Gasteiger partial charge in [-0.1, -0.05) is 29.8 Å². The van der Waals surface area contributed by atoms with Crippen LogP contribution >= 0.6 is 0 Å². The molecule has 0 heterocycles. The number of benzene rings is 2. The van der Waals surface area contributed by atoms with E-state index in [1.54, 1.807) is 18.2 Å². The van der Waals surface area contributed by atoms with E-state index >= 15 is 0 Å². The van der Waals surface area contributed by atoms with Gasteiger partial charge < -0.3 is 0 Å². The van der Waals surface area contributed by atoms with Gasteiger partial charge in [-0.2, -0.15) is 5.10 Å². The zero-order valence-electron chi connectivity index (χ0n) is 13.7. The number of nitrogens with zero attached hydrogens (tertiary/aromatic N) is 2. The molecule has 2 N–H and O–H groups in total.